The van der Waals surface area contributed by atoms with Crippen LogP contribution in [-0.4, -0.2) is 37.0 Å². The molecule has 0 aromatic carbocycles. The first-order chi connectivity index (χ1) is 7.69. The zero-order valence-corrected chi connectivity index (χ0v) is 10.2. The smallest absolute Gasteiger partial charge is 0.237 e. The highest BCUT2D eigenvalue weighted by Crippen LogP contribution is 2.24. The van der Waals surface area contributed by atoms with Crippen molar-refractivity contribution < 1.29 is 4.79 Å². The topological polar surface area (TPSA) is 56.1 Å². The second-order valence-corrected chi connectivity index (χ2v) is 4.47. The number of carbonyl (C=O) groups excluding carboxylic acids is 1. The summed E-state index contributed by atoms with van der Waals surface area (Å²) in [6, 6.07) is 2.77. The Balaban J connectivity index is 2.15. The van der Waals surface area contributed by atoms with E-state index >= 15 is 0 Å². The molecule has 1 aliphatic rings. The zero-order chi connectivity index (χ0) is 12.0. The normalized spacial score (nSPS) is 16.9. The number of amides is 1. The van der Waals surface area contributed by atoms with E-state index in [0.29, 0.717) is 13.0 Å². The Labute approximate surface area is 97.6 Å². The van der Waals surface area contributed by atoms with Gasteiger partial charge in [0.25, 0.3) is 0 Å². The molecule has 0 aromatic rings. The molecule has 1 aliphatic carbocycles. The van der Waals surface area contributed by atoms with E-state index in [1.54, 1.807) is 0 Å². The summed E-state index contributed by atoms with van der Waals surface area (Å²) in [4.78, 5) is 13.8. The average molecular weight is 223 g/mol. The molecule has 0 aliphatic heterocycles. The number of nitriles is 1. The molecule has 1 unspecified atom stereocenters. The molecular formula is C12H21N3O. The van der Waals surface area contributed by atoms with Gasteiger partial charge in [-0.25, -0.2) is 0 Å². The van der Waals surface area contributed by atoms with Gasteiger partial charge in [0.15, 0.2) is 0 Å². The van der Waals surface area contributed by atoms with E-state index in [-0.39, 0.29) is 5.91 Å². The number of likely N-dealkylation sites (N-methyl/N-ethyl adjacent to an activating group) is 1. The predicted molar refractivity (Wildman–Crippen MR) is 62.7 cm³/mol. The summed E-state index contributed by atoms with van der Waals surface area (Å²) in [6.45, 7) is 3.51. The first-order valence-electron chi connectivity index (χ1n) is 6.06. The van der Waals surface area contributed by atoms with Crippen LogP contribution >= 0.6 is 0 Å². The molecule has 0 bridgehead atoms. The zero-order valence-electron chi connectivity index (χ0n) is 10.2. The van der Waals surface area contributed by atoms with Crippen LogP contribution in [0.25, 0.3) is 0 Å². The third kappa shape index (κ3) is 4.19. The maximum Gasteiger partial charge on any atom is 0.237 e. The Morgan fingerprint density at radius 2 is 2.31 bits per heavy atom. The van der Waals surface area contributed by atoms with Crippen molar-refractivity contribution in [1.29, 1.82) is 5.26 Å². The van der Waals surface area contributed by atoms with Gasteiger partial charge >= 0.3 is 0 Å². The SMILES string of the molecule is CCCC(C#N)C(=O)NCCN(C)C1CC1. The van der Waals surface area contributed by atoms with E-state index in [2.05, 4.69) is 23.3 Å². The monoisotopic (exact) mass is 223 g/mol. The fraction of sp³-hybridized carbons (Fsp3) is 0.833. The minimum Gasteiger partial charge on any atom is -0.354 e. The summed E-state index contributed by atoms with van der Waals surface area (Å²) in [5.41, 5.74) is 0. The lowest BCUT2D eigenvalue weighted by Gasteiger charge is -2.16. The van der Waals surface area contributed by atoms with Crippen LogP contribution in [0.15, 0.2) is 0 Å². The molecule has 1 atom stereocenters. The molecule has 4 nitrogen and oxygen atoms in total. The minimum absolute atomic E-state index is 0.117. The largest absolute Gasteiger partial charge is 0.354 e. The fourth-order valence-electron chi connectivity index (χ4n) is 1.72. The lowest BCUT2D eigenvalue weighted by Crippen LogP contribution is -2.36. The van der Waals surface area contributed by atoms with Gasteiger partial charge in [-0.2, -0.15) is 5.26 Å². The number of hydrogen-bond donors (Lipinski definition) is 1. The highest BCUT2D eigenvalue weighted by molar-refractivity contribution is 5.80. The molecule has 4 heteroatoms. The lowest BCUT2D eigenvalue weighted by atomic mass is 10.1. The number of rotatable bonds is 7. The fourth-order valence-corrected chi connectivity index (χ4v) is 1.72. The Kier molecular flexibility index (Phi) is 5.27. The van der Waals surface area contributed by atoms with Crippen molar-refractivity contribution in [1.82, 2.24) is 10.2 Å². The third-order valence-electron chi connectivity index (χ3n) is 2.98. The van der Waals surface area contributed by atoms with Crippen LogP contribution in [-0.2, 0) is 4.79 Å². The van der Waals surface area contributed by atoms with Crippen LogP contribution in [0.2, 0.25) is 0 Å². The lowest BCUT2D eigenvalue weighted by molar-refractivity contribution is -0.123. The molecule has 1 fully saturated rings. The molecule has 90 valence electrons. The summed E-state index contributed by atoms with van der Waals surface area (Å²) in [5, 5.41) is 11.6. The van der Waals surface area contributed by atoms with E-state index in [1.165, 1.54) is 12.8 Å². The summed E-state index contributed by atoms with van der Waals surface area (Å²) in [6.07, 6.45) is 4.08. The van der Waals surface area contributed by atoms with Crippen molar-refractivity contribution in [2.75, 3.05) is 20.1 Å². The van der Waals surface area contributed by atoms with Crippen LogP contribution in [0, 0.1) is 17.2 Å². The molecule has 1 amide bonds. The van der Waals surface area contributed by atoms with Gasteiger partial charge in [0.05, 0.1) is 6.07 Å². The van der Waals surface area contributed by atoms with Gasteiger partial charge < -0.3 is 10.2 Å². The molecule has 0 spiro atoms. The van der Waals surface area contributed by atoms with Crippen LogP contribution in [0.1, 0.15) is 32.6 Å². The van der Waals surface area contributed by atoms with Crippen molar-refractivity contribution in [3.63, 3.8) is 0 Å². The van der Waals surface area contributed by atoms with E-state index in [0.717, 1.165) is 19.0 Å². The number of hydrogen-bond acceptors (Lipinski definition) is 3. The first-order valence-corrected chi connectivity index (χ1v) is 6.06. The molecule has 1 saturated carbocycles. The molecule has 0 aromatic heterocycles. The molecule has 16 heavy (non-hydrogen) atoms. The van der Waals surface area contributed by atoms with Gasteiger partial charge in [-0.15, -0.1) is 0 Å². The van der Waals surface area contributed by atoms with Gasteiger partial charge in [-0.05, 0) is 26.3 Å². The molecule has 1 rings (SSSR count). The summed E-state index contributed by atoms with van der Waals surface area (Å²) in [5.74, 6) is -0.593. The standard InChI is InChI=1S/C12H21N3O/c1-3-4-10(9-13)12(16)14-7-8-15(2)11-5-6-11/h10-11H,3-8H2,1-2H3,(H,14,16). The van der Waals surface area contributed by atoms with Gasteiger partial charge in [-0.1, -0.05) is 13.3 Å². The number of nitrogens with zero attached hydrogens (tertiary/aromatic N) is 2. The third-order valence-corrected chi connectivity index (χ3v) is 2.98. The molecule has 0 heterocycles. The minimum atomic E-state index is -0.476. The highest BCUT2D eigenvalue weighted by Gasteiger charge is 2.25. The van der Waals surface area contributed by atoms with Gasteiger partial charge in [0.2, 0.25) is 5.91 Å². The van der Waals surface area contributed by atoms with Crippen molar-refractivity contribution in [3.05, 3.63) is 0 Å². The van der Waals surface area contributed by atoms with Crippen LogP contribution < -0.4 is 5.32 Å². The molecule has 0 saturated heterocycles. The van der Waals surface area contributed by atoms with Crippen molar-refractivity contribution in [2.24, 2.45) is 5.92 Å². The maximum atomic E-state index is 11.6. The van der Waals surface area contributed by atoms with Crippen LogP contribution in [0.5, 0.6) is 0 Å². The first kappa shape index (κ1) is 13.0. The van der Waals surface area contributed by atoms with E-state index in [4.69, 9.17) is 5.26 Å². The number of nitrogens with one attached hydrogen (secondary N) is 1. The predicted octanol–water partition coefficient (Wildman–Crippen LogP) is 1.14. The van der Waals surface area contributed by atoms with E-state index in [9.17, 15) is 4.79 Å². The van der Waals surface area contributed by atoms with E-state index in [1.807, 2.05) is 6.92 Å². The summed E-state index contributed by atoms with van der Waals surface area (Å²) >= 11 is 0. The van der Waals surface area contributed by atoms with Gasteiger partial charge in [0, 0.05) is 19.1 Å². The van der Waals surface area contributed by atoms with Gasteiger partial charge in [-0.3, -0.25) is 4.79 Å². The van der Waals surface area contributed by atoms with Crippen molar-refractivity contribution >= 4 is 5.91 Å². The van der Waals surface area contributed by atoms with E-state index < -0.39 is 5.92 Å². The van der Waals surface area contributed by atoms with Crippen LogP contribution in [0.3, 0.4) is 0 Å². The second kappa shape index (κ2) is 6.49. The summed E-state index contributed by atoms with van der Waals surface area (Å²) in [7, 11) is 2.08. The Bertz CT molecular complexity index is 268. The quantitative estimate of drug-likeness (QED) is 0.704. The Morgan fingerprint density at radius 1 is 1.62 bits per heavy atom. The Morgan fingerprint density at radius 3 is 2.81 bits per heavy atom. The molecule has 1 N–H and O–H groups in total. The van der Waals surface area contributed by atoms with Gasteiger partial charge in [0.1, 0.15) is 5.92 Å². The molecular weight excluding hydrogens is 202 g/mol. The average Bonchev–Trinajstić information content (AvgIpc) is 3.09. The second-order valence-electron chi connectivity index (χ2n) is 4.47. The maximum absolute atomic E-state index is 11.6. The van der Waals surface area contributed by atoms with Crippen molar-refractivity contribution in [3.8, 4) is 6.07 Å². The highest BCUT2D eigenvalue weighted by atomic mass is 16.1. The number of carbonyl (C=O) groups is 1. The van der Waals surface area contributed by atoms with Crippen LogP contribution in [0.4, 0.5) is 0 Å². The Hall–Kier alpha value is -1.08. The van der Waals surface area contributed by atoms with Crippen molar-refractivity contribution in [2.45, 2.75) is 38.6 Å². The molecule has 0 radical (unpaired) electrons. The summed E-state index contributed by atoms with van der Waals surface area (Å²) < 4.78 is 0.